The molecular formula is C58H35NS3. The summed E-state index contributed by atoms with van der Waals surface area (Å²) in [7, 11) is 0. The zero-order valence-electron chi connectivity index (χ0n) is 33.4. The smallest absolute Gasteiger partial charge is 0.0640 e. The molecule has 0 saturated carbocycles. The van der Waals surface area contributed by atoms with E-state index in [2.05, 4.69) is 217 Å². The topological polar surface area (TPSA) is 3.24 Å². The van der Waals surface area contributed by atoms with E-state index in [1.807, 2.05) is 34.0 Å². The molecule has 290 valence electrons. The van der Waals surface area contributed by atoms with Crippen LogP contribution in [0.25, 0.3) is 105 Å². The summed E-state index contributed by atoms with van der Waals surface area (Å²) in [5.41, 5.74) is 10.8. The molecule has 0 aliphatic carbocycles. The fraction of sp³-hybridized carbons (Fsp3) is 0. The van der Waals surface area contributed by atoms with Gasteiger partial charge in [0.05, 0.1) is 10.4 Å². The van der Waals surface area contributed by atoms with E-state index in [1.165, 1.54) is 110 Å². The van der Waals surface area contributed by atoms with E-state index >= 15 is 0 Å². The number of hydrogen-bond donors (Lipinski definition) is 0. The van der Waals surface area contributed by atoms with Gasteiger partial charge in [0.2, 0.25) is 0 Å². The Bertz CT molecular complexity index is 3870. The maximum atomic E-state index is 2.46. The minimum atomic E-state index is 1.12. The Balaban J connectivity index is 0.992. The molecular weight excluding hydrogens is 807 g/mol. The quantitative estimate of drug-likeness (QED) is 0.161. The van der Waals surface area contributed by atoms with Gasteiger partial charge < -0.3 is 4.90 Å². The van der Waals surface area contributed by atoms with Crippen LogP contribution >= 0.6 is 34.0 Å². The van der Waals surface area contributed by atoms with Gasteiger partial charge in [-0.2, -0.15) is 0 Å². The van der Waals surface area contributed by atoms with Gasteiger partial charge in [-0.05, 0) is 105 Å². The Labute approximate surface area is 370 Å². The first kappa shape index (κ1) is 35.7. The largest absolute Gasteiger partial charge is 0.309 e. The number of anilines is 3. The van der Waals surface area contributed by atoms with E-state index in [1.54, 1.807) is 0 Å². The average molecular weight is 842 g/mol. The molecule has 0 fully saturated rings. The number of nitrogens with zero attached hydrogens (tertiary/aromatic N) is 1. The molecule has 0 aliphatic rings. The molecule has 10 aromatic carbocycles. The second-order valence-corrected chi connectivity index (χ2v) is 19.2. The highest BCUT2D eigenvalue weighted by Crippen LogP contribution is 2.50. The summed E-state index contributed by atoms with van der Waals surface area (Å²) >= 11 is 5.65. The molecule has 13 aromatic rings. The molecule has 0 aliphatic heterocycles. The van der Waals surface area contributed by atoms with Gasteiger partial charge in [0.1, 0.15) is 0 Å². The van der Waals surface area contributed by atoms with Crippen molar-refractivity contribution in [1.29, 1.82) is 0 Å². The molecule has 62 heavy (non-hydrogen) atoms. The number of fused-ring (bicyclic) bond motifs is 10. The minimum Gasteiger partial charge on any atom is -0.309 e. The van der Waals surface area contributed by atoms with E-state index in [-0.39, 0.29) is 0 Å². The average Bonchev–Trinajstić information content (AvgIpc) is 4.04. The van der Waals surface area contributed by atoms with Crippen molar-refractivity contribution in [3.8, 4) is 33.4 Å². The highest BCUT2D eigenvalue weighted by molar-refractivity contribution is 7.27. The molecule has 1 nitrogen and oxygen atoms in total. The van der Waals surface area contributed by atoms with Gasteiger partial charge in [0.15, 0.2) is 0 Å². The van der Waals surface area contributed by atoms with Crippen LogP contribution in [0.4, 0.5) is 17.1 Å². The highest BCUT2D eigenvalue weighted by atomic mass is 32.1. The van der Waals surface area contributed by atoms with Crippen molar-refractivity contribution in [2.75, 3.05) is 4.90 Å². The number of benzene rings is 10. The van der Waals surface area contributed by atoms with Crippen molar-refractivity contribution in [2.24, 2.45) is 0 Å². The summed E-state index contributed by atoms with van der Waals surface area (Å²) in [5.74, 6) is 0. The summed E-state index contributed by atoms with van der Waals surface area (Å²) in [5, 5.41) is 10.4. The van der Waals surface area contributed by atoms with Crippen LogP contribution in [0.2, 0.25) is 0 Å². The molecule has 0 N–H and O–H groups in total. The molecule has 0 radical (unpaired) electrons. The van der Waals surface area contributed by atoms with E-state index in [0.29, 0.717) is 0 Å². The van der Waals surface area contributed by atoms with Gasteiger partial charge >= 0.3 is 0 Å². The number of thiophene rings is 3. The first-order chi connectivity index (χ1) is 30.7. The Morgan fingerprint density at radius 2 is 0.823 bits per heavy atom. The molecule has 0 saturated heterocycles. The van der Waals surface area contributed by atoms with Crippen LogP contribution in [0.3, 0.4) is 0 Å². The van der Waals surface area contributed by atoms with Gasteiger partial charge in [-0.3, -0.25) is 0 Å². The van der Waals surface area contributed by atoms with Crippen LogP contribution in [-0.4, -0.2) is 0 Å². The lowest BCUT2D eigenvalue weighted by Crippen LogP contribution is -2.10. The first-order valence-electron chi connectivity index (χ1n) is 21.0. The minimum absolute atomic E-state index is 1.12. The zero-order valence-corrected chi connectivity index (χ0v) is 35.8. The predicted molar refractivity (Wildman–Crippen MR) is 274 cm³/mol. The van der Waals surface area contributed by atoms with Crippen molar-refractivity contribution in [2.45, 2.75) is 0 Å². The summed E-state index contributed by atoms with van der Waals surface area (Å²) in [6.07, 6.45) is 0. The molecule has 4 heteroatoms. The fourth-order valence-corrected chi connectivity index (χ4v) is 13.0. The van der Waals surface area contributed by atoms with Crippen LogP contribution < -0.4 is 4.90 Å². The summed E-state index contributed by atoms with van der Waals surface area (Å²) < 4.78 is 7.88. The van der Waals surface area contributed by atoms with Crippen molar-refractivity contribution < 1.29 is 0 Å². The van der Waals surface area contributed by atoms with Gasteiger partial charge in [0, 0.05) is 72.8 Å². The Morgan fingerprint density at radius 1 is 0.290 bits per heavy atom. The third kappa shape index (κ3) is 5.72. The lowest BCUT2D eigenvalue weighted by molar-refractivity contribution is 1.30. The SMILES string of the molecule is c1ccc2cc(-c3ccc(N(c4ccc(-c5ccc6sc7ccccc7c6c5)cc4)c4ccc(-c5cccc6c5sc5ccccc56)c5c4sc4ccccc45)cc3)ccc2c1. The van der Waals surface area contributed by atoms with Gasteiger partial charge in [-0.1, -0.05) is 146 Å². The Hall–Kier alpha value is -7.08. The Morgan fingerprint density at radius 3 is 1.56 bits per heavy atom. The van der Waals surface area contributed by atoms with Gasteiger partial charge in [0.25, 0.3) is 0 Å². The Kier molecular flexibility index (Phi) is 8.20. The van der Waals surface area contributed by atoms with Gasteiger partial charge in [-0.15, -0.1) is 34.0 Å². The maximum Gasteiger partial charge on any atom is 0.0640 e. The van der Waals surface area contributed by atoms with Crippen molar-refractivity contribution in [3.05, 3.63) is 212 Å². The second-order valence-electron chi connectivity index (χ2n) is 16.0. The molecule has 0 unspecified atom stereocenters. The van der Waals surface area contributed by atoms with E-state index in [4.69, 9.17) is 0 Å². The summed E-state index contributed by atoms with van der Waals surface area (Å²) in [4.78, 5) is 2.46. The zero-order chi connectivity index (χ0) is 40.7. The molecule has 13 rings (SSSR count). The molecule has 0 amide bonds. The lowest BCUT2D eigenvalue weighted by Gasteiger charge is -2.27. The van der Waals surface area contributed by atoms with Crippen molar-refractivity contribution in [1.82, 2.24) is 0 Å². The van der Waals surface area contributed by atoms with Crippen molar-refractivity contribution in [3.63, 3.8) is 0 Å². The maximum absolute atomic E-state index is 2.46. The molecule has 3 aromatic heterocycles. The monoisotopic (exact) mass is 841 g/mol. The number of rotatable bonds is 6. The normalized spacial score (nSPS) is 11.9. The first-order valence-corrected chi connectivity index (χ1v) is 23.4. The summed E-state index contributed by atoms with van der Waals surface area (Å²) in [6, 6.07) is 78.6. The van der Waals surface area contributed by atoms with Crippen LogP contribution in [0, 0.1) is 0 Å². The second kappa shape index (κ2) is 14.3. The molecule has 0 atom stereocenters. The third-order valence-electron chi connectivity index (χ3n) is 12.5. The molecule has 3 heterocycles. The summed E-state index contributed by atoms with van der Waals surface area (Å²) in [6.45, 7) is 0. The number of hydrogen-bond acceptors (Lipinski definition) is 4. The van der Waals surface area contributed by atoms with Crippen molar-refractivity contribution >= 4 is 122 Å². The lowest BCUT2D eigenvalue weighted by atomic mass is 9.96. The van der Waals surface area contributed by atoms with E-state index < -0.39 is 0 Å². The van der Waals surface area contributed by atoms with E-state index in [0.717, 1.165) is 11.4 Å². The third-order valence-corrected chi connectivity index (χ3v) is 16.0. The van der Waals surface area contributed by atoms with E-state index in [9.17, 15) is 0 Å². The molecule has 0 spiro atoms. The van der Waals surface area contributed by atoms with Crippen LogP contribution in [0.15, 0.2) is 212 Å². The predicted octanol–water partition coefficient (Wildman–Crippen LogP) is 18.4. The van der Waals surface area contributed by atoms with Crippen LogP contribution in [-0.2, 0) is 0 Å². The fourth-order valence-electron chi connectivity index (χ4n) is 9.48. The highest BCUT2D eigenvalue weighted by Gasteiger charge is 2.22. The standard InChI is InChI=1S/C58H35NS3/c1-2-11-39-34-40(21-20-36(39)10-1)37-22-27-42(28-23-37)59(43-29-24-38(25-30-43)41-26-33-55-50(35-41)45-13-4-6-17-52(45)60-55)51-32-31-46(56-49-14-5-8-19-54(49)62-58(51)56)48-16-9-15-47-44-12-3-7-18-53(44)61-57(47)48/h1-35H. The molecule has 0 bridgehead atoms. The van der Waals surface area contributed by atoms with Crippen LogP contribution in [0.1, 0.15) is 0 Å². The van der Waals surface area contributed by atoms with Gasteiger partial charge in [-0.25, -0.2) is 0 Å². The van der Waals surface area contributed by atoms with Crippen LogP contribution in [0.5, 0.6) is 0 Å².